The zero-order valence-electron chi connectivity index (χ0n) is 23.5. The number of rotatable bonds is 8. The maximum Gasteiger partial charge on any atom is 0.358 e. The lowest BCUT2D eigenvalue weighted by molar-refractivity contribution is 0.0576. The van der Waals surface area contributed by atoms with E-state index in [4.69, 9.17) is 9.47 Å². The van der Waals surface area contributed by atoms with E-state index in [1.807, 2.05) is 0 Å². The molecule has 2 N–H and O–H groups in total. The van der Waals surface area contributed by atoms with Crippen LogP contribution in [0.5, 0.6) is 5.75 Å². The minimum atomic E-state index is -1.22. The molecule has 5 rings (SSSR count). The molecule has 4 aromatic rings. The van der Waals surface area contributed by atoms with E-state index in [1.165, 1.54) is 10.6 Å². The summed E-state index contributed by atoms with van der Waals surface area (Å²) < 4.78 is 68.6. The predicted octanol–water partition coefficient (Wildman–Crippen LogP) is 5.30. The summed E-state index contributed by atoms with van der Waals surface area (Å²) in [6.07, 6.45) is 1.90. The third-order valence-corrected chi connectivity index (χ3v) is 7.33. The van der Waals surface area contributed by atoms with Crippen LogP contribution in [-0.2, 0) is 24.3 Å². The zero-order chi connectivity index (χ0) is 31.4. The summed E-state index contributed by atoms with van der Waals surface area (Å²) in [6.45, 7) is -0.739. The molecule has 0 saturated heterocycles. The van der Waals surface area contributed by atoms with Crippen molar-refractivity contribution in [1.82, 2.24) is 9.88 Å². The number of halogens is 4. The summed E-state index contributed by atoms with van der Waals surface area (Å²) in [6, 6.07) is 13.8. The average molecular weight is 610 g/mol. The van der Waals surface area contributed by atoms with Gasteiger partial charge >= 0.3 is 5.97 Å². The van der Waals surface area contributed by atoms with Crippen molar-refractivity contribution in [3.05, 3.63) is 128 Å². The Morgan fingerprint density at radius 2 is 1.73 bits per heavy atom. The molecule has 1 atom stereocenters. The maximum absolute atomic E-state index is 14.6. The Morgan fingerprint density at radius 3 is 2.43 bits per heavy atom. The Labute approximate surface area is 249 Å². The second-order valence-corrected chi connectivity index (χ2v) is 10.1. The van der Waals surface area contributed by atoms with Crippen molar-refractivity contribution in [3.63, 3.8) is 0 Å². The van der Waals surface area contributed by atoms with Crippen LogP contribution in [0, 0.1) is 23.3 Å². The van der Waals surface area contributed by atoms with E-state index in [0.29, 0.717) is 41.8 Å². The van der Waals surface area contributed by atoms with E-state index in [9.17, 15) is 31.9 Å². The minimum absolute atomic E-state index is 0.103. The molecule has 1 amide bonds. The van der Waals surface area contributed by atoms with Gasteiger partial charge < -0.3 is 24.7 Å². The number of fused-ring (bicyclic) bond motifs is 1. The van der Waals surface area contributed by atoms with Gasteiger partial charge in [0.25, 0.3) is 5.91 Å². The van der Waals surface area contributed by atoms with Crippen molar-refractivity contribution in [3.8, 4) is 5.75 Å². The third kappa shape index (κ3) is 6.29. The standard InChI is InChI=1S/C32H27F4N3O5/c1-43-32(42)28-30(44-17-18-6-3-2-4-7-18)29(40)23(31(41)38-15-22-25(35)12-20(33)13-26(22)36)16-39(28)21-11-10-19-8-5-9-24(34)27(19)37-14-21/h2-9,12-13,16,21,37H,10-11,14-15,17H2,1H3,(H,38,41). The summed E-state index contributed by atoms with van der Waals surface area (Å²) >= 11 is 0. The topological polar surface area (TPSA) is 98.7 Å². The van der Waals surface area contributed by atoms with Gasteiger partial charge in [0.2, 0.25) is 5.43 Å². The predicted molar refractivity (Wildman–Crippen MR) is 153 cm³/mol. The van der Waals surface area contributed by atoms with E-state index < -0.39 is 70.0 Å². The number of esters is 1. The minimum Gasteiger partial charge on any atom is -0.482 e. The van der Waals surface area contributed by atoms with Crippen LogP contribution in [0.25, 0.3) is 0 Å². The first-order valence-corrected chi connectivity index (χ1v) is 13.6. The van der Waals surface area contributed by atoms with Gasteiger partial charge in [-0.2, -0.15) is 0 Å². The monoisotopic (exact) mass is 609 g/mol. The van der Waals surface area contributed by atoms with Gasteiger partial charge in [-0.05, 0) is 30.0 Å². The Balaban J connectivity index is 1.57. The molecule has 8 nitrogen and oxygen atoms in total. The highest BCUT2D eigenvalue weighted by atomic mass is 19.1. The number of benzene rings is 3. The van der Waals surface area contributed by atoms with E-state index >= 15 is 0 Å². The molecule has 44 heavy (non-hydrogen) atoms. The fourth-order valence-corrected chi connectivity index (χ4v) is 5.08. The van der Waals surface area contributed by atoms with Gasteiger partial charge in [-0.25, -0.2) is 22.4 Å². The molecule has 0 aliphatic carbocycles. The van der Waals surface area contributed by atoms with Crippen LogP contribution >= 0.6 is 0 Å². The molecule has 2 heterocycles. The third-order valence-electron chi connectivity index (χ3n) is 7.33. The number of aromatic nitrogens is 1. The molecule has 1 aliphatic heterocycles. The van der Waals surface area contributed by atoms with Crippen molar-refractivity contribution in [1.29, 1.82) is 0 Å². The van der Waals surface area contributed by atoms with Gasteiger partial charge in [0, 0.05) is 37.0 Å². The number of hydrogen-bond acceptors (Lipinski definition) is 6. The summed E-state index contributed by atoms with van der Waals surface area (Å²) in [5.74, 6) is -6.43. The molecule has 0 fully saturated rings. The van der Waals surface area contributed by atoms with Crippen LogP contribution in [0.3, 0.4) is 0 Å². The first-order valence-electron chi connectivity index (χ1n) is 13.6. The van der Waals surface area contributed by atoms with Crippen molar-refractivity contribution < 1.29 is 36.6 Å². The van der Waals surface area contributed by atoms with Gasteiger partial charge in [0.1, 0.15) is 35.4 Å². The first kappa shape index (κ1) is 30.3. The Kier molecular flexibility index (Phi) is 8.98. The van der Waals surface area contributed by atoms with Crippen molar-refractivity contribution in [2.75, 3.05) is 19.0 Å². The van der Waals surface area contributed by atoms with Gasteiger partial charge in [-0.1, -0.05) is 42.5 Å². The number of carbonyl (C=O) groups is 2. The Bertz CT molecular complexity index is 1760. The lowest BCUT2D eigenvalue weighted by atomic mass is 10.0. The smallest absolute Gasteiger partial charge is 0.358 e. The van der Waals surface area contributed by atoms with Gasteiger partial charge in [0.15, 0.2) is 11.4 Å². The lowest BCUT2D eigenvalue weighted by Crippen LogP contribution is -2.34. The van der Waals surface area contributed by atoms with E-state index in [0.717, 1.165) is 13.3 Å². The van der Waals surface area contributed by atoms with Gasteiger partial charge in [-0.15, -0.1) is 0 Å². The largest absolute Gasteiger partial charge is 0.482 e. The number of methoxy groups -OCH3 is 1. The van der Waals surface area contributed by atoms with E-state index in [1.54, 1.807) is 42.5 Å². The second kappa shape index (κ2) is 13.0. The molecule has 1 aromatic heterocycles. The van der Waals surface area contributed by atoms with E-state index in [2.05, 4.69) is 10.6 Å². The second-order valence-electron chi connectivity index (χ2n) is 10.1. The highest BCUT2D eigenvalue weighted by Gasteiger charge is 2.31. The number of anilines is 1. The van der Waals surface area contributed by atoms with Crippen molar-refractivity contribution in [2.45, 2.75) is 32.0 Å². The quantitative estimate of drug-likeness (QED) is 0.208. The zero-order valence-corrected chi connectivity index (χ0v) is 23.5. The van der Waals surface area contributed by atoms with Gasteiger partial charge in [0.05, 0.1) is 18.8 Å². The lowest BCUT2D eigenvalue weighted by Gasteiger charge is -2.25. The highest BCUT2D eigenvalue weighted by molar-refractivity contribution is 5.97. The summed E-state index contributed by atoms with van der Waals surface area (Å²) in [5, 5.41) is 5.34. The fraction of sp³-hybridized carbons (Fsp3) is 0.219. The number of nitrogens with zero attached hydrogens (tertiary/aromatic N) is 1. The SMILES string of the molecule is COC(=O)c1c(OCc2ccccc2)c(=O)c(C(=O)NCc2c(F)cc(F)cc2F)cn1C1CCc2cccc(F)c2NC1. The summed E-state index contributed by atoms with van der Waals surface area (Å²) in [4.78, 5) is 40.2. The maximum atomic E-state index is 14.6. The number of amides is 1. The molecule has 0 spiro atoms. The van der Waals surface area contributed by atoms with Gasteiger partial charge in [-0.3, -0.25) is 9.59 Å². The van der Waals surface area contributed by atoms with E-state index in [-0.39, 0.29) is 18.8 Å². The number of ether oxygens (including phenoxy) is 2. The Morgan fingerprint density at radius 1 is 1.00 bits per heavy atom. The molecule has 228 valence electrons. The molecule has 0 radical (unpaired) electrons. The number of pyridine rings is 1. The normalized spacial score (nSPS) is 14.2. The van der Waals surface area contributed by atoms with Crippen LogP contribution in [0.15, 0.2) is 71.7 Å². The number of carbonyl (C=O) groups excluding carboxylic acids is 2. The van der Waals surface area contributed by atoms with Crippen LogP contribution in [0.4, 0.5) is 23.2 Å². The molecular formula is C32H27F4N3O5. The van der Waals surface area contributed by atoms with Crippen molar-refractivity contribution in [2.24, 2.45) is 0 Å². The highest BCUT2D eigenvalue weighted by Crippen LogP contribution is 2.31. The average Bonchev–Trinajstić information content (AvgIpc) is 3.23. The summed E-state index contributed by atoms with van der Waals surface area (Å²) in [7, 11) is 1.13. The molecule has 0 saturated carbocycles. The van der Waals surface area contributed by atoms with Crippen LogP contribution in [0.2, 0.25) is 0 Å². The van der Waals surface area contributed by atoms with Crippen LogP contribution in [-0.4, -0.2) is 30.1 Å². The summed E-state index contributed by atoms with van der Waals surface area (Å²) in [5.41, 5.74) is -0.665. The number of nitrogens with one attached hydrogen (secondary N) is 2. The first-order chi connectivity index (χ1) is 21.2. The molecule has 1 aliphatic rings. The molecule has 0 bridgehead atoms. The number of hydrogen-bond donors (Lipinski definition) is 2. The molecule has 1 unspecified atom stereocenters. The molecule has 3 aromatic carbocycles. The Hall–Kier alpha value is -5.13. The van der Waals surface area contributed by atoms with Crippen molar-refractivity contribution >= 4 is 17.6 Å². The van der Waals surface area contributed by atoms with Crippen LogP contribution in [0.1, 0.15) is 50.0 Å². The molecule has 12 heteroatoms. The number of aryl methyl sites for hydroxylation is 1. The van der Waals surface area contributed by atoms with Crippen LogP contribution < -0.4 is 20.8 Å². The molecular weight excluding hydrogens is 582 g/mol. The fourth-order valence-electron chi connectivity index (χ4n) is 5.08. The number of para-hydroxylation sites is 1.